The maximum Gasteiger partial charge on any atom is 0.419 e. The molecule has 1 aliphatic rings. The van der Waals surface area contributed by atoms with E-state index in [1.807, 2.05) is 0 Å². The molecule has 1 heterocycles. The smallest absolute Gasteiger partial charge is 0.419 e. The van der Waals surface area contributed by atoms with E-state index in [0.29, 0.717) is 0 Å². The number of carbonyl (C=O) groups excluding carboxylic acids is 2. The number of nitrogens with two attached hydrogens (primary N) is 1. The first-order valence-electron chi connectivity index (χ1n) is 6.72. The Morgan fingerprint density at radius 1 is 1.35 bits per heavy atom. The SMILES string of the molecule is NC(=O)COc1ccccc1C(=O)N1CCC(O)(C(F)(F)F)C1. The van der Waals surface area contributed by atoms with Crippen molar-refractivity contribution in [2.75, 3.05) is 19.7 Å². The van der Waals surface area contributed by atoms with Crippen LogP contribution >= 0.6 is 0 Å². The number of primary amides is 1. The van der Waals surface area contributed by atoms with E-state index in [2.05, 4.69) is 0 Å². The van der Waals surface area contributed by atoms with Gasteiger partial charge in [0.25, 0.3) is 11.8 Å². The lowest BCUT2D eigenvalue weighted by Gasteiger charge is -2.26. The van der Waals surface area contributed by atoms with E-state index in [0.717, 1.165) is 4.90 Å². The molecule has 0 aromatic heterocycles. The number of β-amino-alcohol motifs (C(OH)–C–C–N with tert-alkyl or cyclic N) is 1. The van der Waals surface area contributed by atoms with Crippen LogP contribution in [0.4, 0.5) is 13.2 Å². The molecule has 3 N–H and O–H groups in total. The number of aliphatic hydroxyl groups is 1. The Morgan fingerprint density at radius 3 is 2.57 bits per heavy atom. The minimum Gasteiger partial charge on any atom is -0.483 e. The molecule has 1 atom stereocenters. The van der Waals surface area contributed by atoms with Crippen LogP contribution in [0.1, 0.15) is 16.8 Å². The molecule has 1 saturated heterocycles. The minimum atomic E-state index is -4.82. The molecule has 6 nitrogen and oxygen atoms in total. The highest BCUT2D eigenvalue weighted by Crippen LogP contribution is 2.38. The summed E-state index contributed by atoms with van der Waals surface area (Å²) in [7, 11) is 0. The highest BCUT2D eigenvalue weighted by atomic mass is 19.4. The summed E-state index contributed by atoms with van der Waals surface area (Å²) in [5.74, 6) is -1.43. The number of rotatable bonds is 4. The molecule has 126 valence electrons. The summed E-state index contributed by atoms with van der Waals surface area (Å²) < 4.78 is 43.5. The molecule has 23 heavy (non-hydrogen) atoms. The van der Waals surface area contributed by atoms with Crippen molar-refractivity contribution in [1.82, 2.24) is 4.90 Å². The lowest BCUT2D eigenvalue weighted by molar-refractivity contribution is -0.253. The van der Waals surface area contributed by atoms with Crippen molar-refractivity contribution >= 4 is 11.8 Å². The van der Waals surface area contributed by atoms with Gasteiger partial charge >= 0.3 is 6.18 Å². The quantitative estimate of drug-likeness (QED) is 0.848. The van der Waals surface area contributed by atoms with Crippen molar-refractivity contribution in [2.24, 2.45) is 5.73 Å². The maximum absolute atomic E-state index is 12.8. The van der Waals surface area contributed by atoms with Crippen molar-refractivity contribution in [3.63, 3.8) is 0 Å². The van der Waals surface area contributed by atoms with Crippen LogP contribution in [-0.4, -0.2) is 53.3 Å². The molecule has 0 bridgehead atoms. The van der Waals surface area contributed by atoms with Gasteiger partial charge < -0.3 is 20.5 Å². The van der Waals surface area contributed by atoms with E-state index in [9.17, 15) is 27.9 Å². The Morgan fingerprint density at radius 2 is 2.00 bits per heavy atom. The van der Waals surface area contributed by atoms with Gasteiger partial charge in [-0.15, -0.1) is 0 Å². The molecule has 0 radical (unpaired) electrons. The summed E-state index contributed by atoms with van der Waals surface area (Å²) in [6.07, 6.45) is -5.41. The van der Waals surface area contributed by atoms with Gasteiger partial charge in [-0.3, -0.25) is 9.59 Å². The number of benzene rings is 1. The zero-order valence-corrected chi connectivity index (χ0v) is 12.0. The van der Waals surface area contributed by atoms with Crippen LogP contribution < -0.4 is 10.5 Å². The van der Waals surface area contributed by atoms with Crippen LogP contribution in [0.3, 0.4) is 0 Å². The second-order valence-corrected chi connectivity index (χ2v) is 5.26. The summed E-state index contributed by atoms with van der Waals surface area (Å²) >= 11 is 0. The summed E-state index contributed by atoms with van der Waals surface area (Å²) in [6.45, 7) is -1.55. The lowest BCUT2D eigenvalue weighted by Crippen LogP contribution is -2.48. The fourth-order valence-electron chi connectivity index (χ4n) is 2.29. The third-order valence-electron chi connectivity index (χ3n) is 3.55. The molecule has 0 aliphatic carbocycles. The van der Waals surface area contributed by atoms with Crippen LogP contribution in [0.2, 0.25) is 0 Å². The lowest BCUT2D eigenvalue weighted by atomic mass is 10.0. The fraction of sp³-hybridized carbons (Fsp3) is 0.429. The molecular weight excluding hydrogens is 317 g/mol. The van der Waals surface area contributed by atoms with Crippen molar-refractivity contribution in [3.8, 4) is 5.75 Å². The van der Waals surface area contributed by atoms with Crippen LogP contribution in [0.15, 0.2) is 24.3 Å². The van der Waals surface area contributed by atoms with E-state index in [1.54, 1.807) is 6.07 Å². The van der Waals surface area contributed by atoms with Gasteiger partial charge in [0, 0.05) is 13.0 Å². The Bertz CT molecular complexity index is 620. The van der Waals surface area contributed by atoms with Gasteiger partial charge in [0.05, 0.1) is 12.1 Å². The maximum atomic E-state index is 12.8. The van der Waals surface area contributed by atoms with E-state index in [4.69, 9.17) is 10.5 Å². The highest BCUT2D eigenvalue weighted by molar-refractivity contribution is 5.97. The number of likely N-dealkylation sites (tertiary alicyclic amines) is 1. The zero-order valence-electron chi connectivity index (χ0n) is 12.0. The molecule has 0 spiro atoms. The third-order valence-corrected chi connectivity index (χ3v) is 3.55. The summed E-state index contributed by atoms with van der Waals surface area (Å²) in [6, 6.07) is 5.82. The highest BCUT2D eigenvalue weighted by Gasteiger charge is 2.57. The number of nitrogens with zero attached hydrogens (tertiary/aromatic N) is 1. The standard InChI is InChI=1S/C14H15F3N2O4/c15-14(16,17)13(22)5-6-19(8-13)12(21)9-3-1-2-4-10(9)23-7-11(18)20/h1-4,22H,5-8H2,(H2,18,20). The molecule has 1 aromatic carbocycles. The molecule has 1 unspecified atom stereocenters. The number of amides is 2. The normalized spacial score (nSPS) is 21.3. The van der Waals surface area contributed by atoms with E-state index in [-0.39, 0.29) is 17.9 Å². The average molecular weight is 332 g/mol. The van der Waals surface area contributed by atoms with Gasteiger partial charge in [0.15, 0.2) is 12.2 Å². The molecule has 1 aromatic rings. The van der Waals surface area contributed by atoms with Gasteiger partial charge in [-0.25, -0.2) is 0 Å². The minimum absolute atomic E-state index is 0.000162. The predicted octanol–water partition coefficient (Wildman–Crippen LogP) is 0.690. The topological polar surface area (TPSA) is 92.9 Å². The van der Waals surface area contributed by atoms with Gasteiger partial charge in [0.1, 0.15) is 5.75 Å². The number of hydrogen-bond acceptors (Lipinski definition) is 4. The molecule has 1 aliphatic heterocycles. The van der Waals surface area contributed by atoms with Crippen LogP contribution in [-0.2, 0) is 4.79 Å². The Kier molecular flexibility index (Phi) is 4.51. The number of carbonyl (C=O) groups is 2. The molecule has 1 fully saturated rings. The van der Waals surface area contributed by atoms with Crippen LogP contribution in [0, 0.1) is 0 Å². The zero-order chi connectivity index (χ0) is 17.3. The van der Waals surface area contributed by atoms with E-state index >= 15 is 0 Å². The second-order valence-electron chi connectivity index (χ2n) is 5.26. The number of halogens is 3. The summed E-state index contributed by atoms with van der Waals surface area (Å²) in [5, 5.41) is 9.63. The van der Waals surface area contributed by atoms with Gasteiger partial charge in [0.2, 0.25) is 0 Å². The number of alkyl halides is 3. The predicted molar refractivity (Wildman–Crippen MR) is 72.7 cm³/mol. The van der Waals surface area contributed by atoms with Gasteiger partial charge in [-0.05, 0) is 12.1 Å². The third kappa shape index (κ3) is 3.55. The molecule has 9 heteroatoms. The first-order valence-corrected chi connectivity index (χ1v) is 6.72. The monoisotopic (exact) mass is 332 g/mol. The molecule has 2 amide bonds. The van der Waals surface area contributed by atoms with Crippen LogP contribution in [0.25, 0.3) is 0 Å². The Labute approximate surface area is 129 Å². The van der Waals surface area contributed by atoms with E-state index in [1.165, 1.54) is 18.2 Å². The first-order chi connectivity index (χ1) is 10.6. The molecule has 0 saturated carbocycles. The number of hydrogen-bond donors (Lipinski definition) is 2. The summed E-state index contributed by atoms with van der Waals surface area (Å²) in [4.78, 5) is 24.0. The summed E-state index contributed by atoms with van der Waals surface area (Å²) in [5.41, 5.74) is 2.04. The van der Waals surface area contributed by atoms with E-state index < -0.39 is 43.2 Å². The number of ether oxygens (including phenoxy) is 1. The molecular formula is C14H15F3N2O4. The van der Waals surface area contributed by atoms with Crippen molar-refractivity contribution in [1.29, 1.82) is 0 Å². The van der Waals surface area contributed by atoms with Crippen molar-refractivity contribution in [2.45, 2.75) is 18.2 Å². The average Bonchev–Trinajstić information content (AvgIpc) is 2.88. The van der Waals surface area contributed by atoms with Gasteiger partial charge in [-0.2, -0.15) is 13.2 Å². The largest absolute Gasteiger partial charge is 0.483 e. The number of para-hydroxylation sites is 1. The first kappa shape index (κ1) is 17.1. The molecule has 2 rings (SSSR count). The van der Waals surface area contributed by atoms with Crippen LogP contribution in [0.5, 0.6) is 5.75 Å². The second kappa shape index (κ2) is 6.07. The van der Waals surface area contributed by atoms with Crippen molar-refractivity contribution in [3.05, 3.63) is 29.8 Å². The van der Waals surface area contributed by atoms with Crippen molar-refractivity contribution < 1.29 is 32.6 Å². The van der Waals surface area contributed by atoms with Gasteiger partial charge in [-0.1, -0.05) is 12.1 Å². The Balaban J connectivity index is 2.17. The Hall–Kier alpha value is -2.29. The fourth-order valence-corrected chi connectivity index (χ4v) is 2.29.